The Kier molecular flexibility index (Phi) is 5.84. The van der Waals surface area contributed by atoms with Crippen LogP contribution in [-0.2, 0) is 16.1 Å². The highest BCUT2D eigenvalue weighted by molar-refractivity contribution is 6.35. The Morgan fingerprint density at radius 3 is 2.30 bits per heavy atom. The van der Waals surface area contributed by atoms with Gasteiger partial charge in [-0.05, 0) is 49.9 Å². The predicted molar refractivity (Wildman–Crippen MR) is 112 cm³/mol. The quantitative estimate of drug-likeness (QED) is 0.678. The van der Waals surface area contributed by atoms with Gasteiger partial charge < -0.3 is 9.64 Å². The zero-order valence-corrected chi connectivity index (χ0v) is 17.1. The van der Waals surface area contributed by atoms with Crippen LogP contribution < -0.4 is 4.74 Å². The minimum atomic E-state index is -0.424. The third kappa shape index (κ3) is 3.82. The SMILES string of the molecule is CCOc1ccc(C2=C(N3CCCCC3)C(=O)N(Cc3ccccc3F)C2=O)cc1. The number of piperidine rings is 1. The molecule has 30 heavy (non-hydrogen) atoms. The number of amides is 2. The summed E-state index contributed by atoms with van der Waals surface area (Å²) in [6.45, 7) is 3.85. The number of ether oxygens (including phenoxy) is 1. The number of carbonyl (C=O) groups is 2. The molecular formula is C24H25FN2O3. The van der Waals surface area contributed by atoms with Crippen molar-refractivity contribution < 1.29 is 18.7 Å². The molecule has 2 aliphatic rings. The number of likely N-dealkylation sites (tertiary alicyclic amines) is 1. The van der Waals surface area contributed by atoms with E-state index in [4.69, 9.17) is 4.74 Å². The summed E-state index contributed by atoms with van der Waals surface area (Å²) in [5, 5.41) is 0. The van der Waals surface area contributed by atoms with Crippen LogP contribution in [0.5, 0.6) is 5.75 Å². The lowest BCUT2D eigenvalue weighted by Gasteiger charge is -2.29. The summed E-state index contributed by atoms with van der Waals surface area (Å²) in [6, 6.07) is 13.5. The lowest BCUT2D eigenvalue weighted by Crippen LogP contribution is -2.37. The molecule has 5 nitrogen and oxygen atoms in total. The summed E-state index contributed by atoms with van der Waals surface area (Å²) in [7, 11) is 0. The first-order valence-corrected chi connectivity index (χ1v) is 10.4. The Labute approximate surface area is 175 Å². The second-order valence-electron chi connectivity index (χ2n) is 7.52. The molecule has 2 aromatic carbocycles. The predicted octanol–water partition coefficient (Wildman–Crippen LogP) is 3.99. The lowest BCUT2D eigenvalue weighted by atomic mass is 10.0. The molecule has 4 rings (SSSR count). The van der Waals surface area contributed by atoms with Crippen molar-refractivity contribution in [2.75, 3.05) is 19.7 Å². The Bertz CT molecular complexity index is 978. The maximum absolute atomic E-state index is 14.2. The van der Waals surface area contributed by atoms with Crippen molar-refractivity contribution in [3.05, 3.63) is 71.2 Å². The van der Waals surface area contributed by atoms with Crippen molar-refractivity contribution >= 4 is 17.4 Å². The summed E-state index contributed by atoms with van der Waals surface area (Å²) < 4.78 is 19.7. The molecule has 2 heterocycles. The Morgan fingerprint density at radius 2 is 1.63 bits per heavy atom. The molecule has 0 aromatic heterocycles. The van der Waals surface area contributed by atoms with Gasteiger partial charge >= 0.3 is 0 Å². The smallest absolute Gasteiger partial charge is 0.278 e. The number of hydrogen-bond donors (Lipinski definition) is 0. The molecule has 2 aliphatic heterocycles. The fraction of sp³-hybridized carbons (Fsp3) is 0.333. The van der Waals surface area contributed by atoms with Crippen LogP contribution in [-0.4, -0.2) is 41.3 Å². The zero-order chi connectivity index (χ0) is 21.1. The third-order valence-electron chi connectivity index (χ3n) is 5.56. The molecule has 0 bridgehead atoms. The summed E-state index contributed by atoms with van der Waals surface area (Å²) in [4.78, 5) is 29.9. The normalized spacial score (nSPS) is 17.1. The van der Waals surface area contributed by atoms with Gasteiger partial charge in [0.2, 0.25) is 0 Å². The first kappa shape index (κ1) is 20.1. The highest BCUT2D eigenvalue weighted by Gasteiger charge is 2.41. The molecular weight excluding hydrogens is 383 g/mol. The van der Waals surface area contributed by atoms with E-state index < -0.39 is 5.82 Å². The topological polar surface area (TPSA) is 49.9 Å². The van der Waals surface area contributed by atoms with Crippen LogP contribution in [0.15, 0.2) is 54.2 Å². The van der Waals surface area contributed by atoms with Crippen LogP contribution in [0.2, 0.25) is 0 Å². The zero-order valence-electron chi connectivity index (χ0n) is 17.1. The maximum Gasteiger partial charge on any atom is 0.278 e. The molecule has 0 saturated carbocycles. The molecule has 0 N–H and O–H groups in total. The van der Waals surface area contributed by atoms with E-state index in [1.54, 1.807) is 30.3 Å². The third-order valence-corrected chi connectivity index (χ3v) is 5.56. The van der Waals surface area contributed by atoms with Gasteiger partial charge in [0.25, 0.3) is 11.8 Å². The standard InChI is InChI=1S/C24H25FN2O3/c1-2-30-19-12-10-17(11-13-19)21-22(26-14-6-3-7-15-26)24(29)27(23(21)28)16-18-8-4-5-9-20(18)25/h4-5,8-13H,2-3,6-7,14-16H2,1H3. The number of nitrogens with zero attached hydrogens (tertiary/aromatic N) is 2. The Morgan fingerprint density at radius 1 is 0.933 bits per heavy atom. The molecule has 0 aliphatic carbocycles. The molecule has 156 valence electrons. The van der Waals surface area contributed by atoms with E-state index >= 15 is 0 Å². The van der Waals surface area contributed by atoms with Crippen LogP contribution in [0.3, 0.4) is 0 Å². The molecule has 0 unspecified atom stereocenters. The van der Waals surface area contributed by atoms with Crippen LogP contribution >= 0.6 is 0 Å². The second kappa shape index (κ2) is 8.69. The monoisotopic (exact) mass is 408 g/mol. The molecule has 2 aromatic rings. The number of halogens is 1. The van der Waals surface area contributed by atoms with Crippen molar-refractivity contribution in [1.29, 1.82) is 0 Å². The fourth-order valence-electron chi connectivity index (χ4n) is 4.06. The van der Waals surface area contributed by atoms with Crippen molar-refractivity contribution in [3.63, 3.8) is 0 Å². The molecule has 1 fully saturated rings. The summed E-state index contributed by atoms with van der Waals surface area (Å²) in [5.74, 6) is -0.449. The van der Waals surface area contributed by atoms with Gasteiger partial charge in [-0.25, -0.2) is 4.39 Å². The first-order valence-electron chi connectivity index (χ1n) is 10.4. The number of rotatable bonds is 6. The van der Waals surface area contributed by atoms with Gasteiger partial charge in [0.1, 0.15) is 17.3 Å². The van der Waals surface area contributed by atoms with Gasteiger partial charge in [-0.15, -0.1) is 0 Å². The van der Waals surface area contributed by atoms with Gasteiger partial charge in [-0.2, -0.15) is 0 Å². The second-order valence-corrected chi connectivity index (χ2v) is 7.52. The van der Waals surface area contributed by atoms with Crippen LogP contribution in [0, 0.1) is 5.82 Å². The summed E-state index contributed by atoms with van der Waals surface area (Å²) >= 11 is 0. The van der Waals surface area contributed by atoms with E-state index in [0.717, 1.165) is 37.3 Å². The molecule has 0 radical (unpaired) electrons. The van der Waals surface area contributed by atoms with Gasteiger partial charge in [0.15, 0.2) is 0 Å². The molecule has 1 saturated heterocycles. The summed E-state index contributed by atoms with van der Waals surface area (Å²) in [5.41, 5.74) is 1.82. The maximum atomic E-state index is 14.2. The van der Waals surface area contributed by atoms with Gasteiger partial charge in [-0.3, -0.25) is 14.5 Å². The molecule has 0 spiro atoms. The van der Waals surface area contributed by atoms with E-state index in [0.29, 0.717) is 34.8 Å². The van der Waals surface area contributed by atoms with Gasteiger partial charge in [0.05, 0.1) is 18.7 Å². The minimum absolute atomic E-state index is 0.0811. The fourth-order valence-corrected chi connectivity index (χ4v) is 4.06. The van der Waals surface area contributed by atoms with Crippen molar-refractivity contribution in [2.45, 2.75) is 32.7 Å². The van der Waals surface area contributed by atoms with Crippen LogP contribution in [0.25, 0.3) is 5.57 Å². The molecule has 2 amide bonds. The average molecular weight is 408 g/mol. The minimum Gasteiger partial charge on any atom is -0.494 e. The van der Waals surface area contributed by atoms with E-state index in [1.165, 1.54) is 6.07 Å². The average Bonchev–Trinajstić information content (AvgIpc) is 3.01. The highest BCUT2D eigenvalue weighted by Crippen LogP contribution is 2.34. The van der Waals surface area contributed by atoms with Gasteiger partial charge in [0, 0.05) is 18.7 Å². The number of carbonyl (C=O) groups excluding carboxylic acids is 2. The number of benzene rings is 2. The molecule has 6 heteroatoms. The van der Waals surface area contributed by atoms with E-state index in [-0.39, 0.29) is 18.4 Å². The van der Waals surface area contributed by atoms with Crippen LogP contribution in [0.4, 0.5) is 4.39 Å². The first-order chi connectivity index (χ1) is 14.6. The number of hydrogen-bond acceptors (Lipinski definition) is 4. The Hall–Kier alpha value is -3.15. The van der Waals surface area contributed by atoms with Crippen molar-refractivity contribution in [3.8, 4) is 5.75 Å². The van der Waals surface area contributed by atoms with Gasteiger partial charge in [-0.1, -0.05) is 30.3 Å². The van der Waals surface area contributed by atoms with Crippen molar-refractivity contribution in [2.24, 2.45) is 0 Å². The summed E-state index contributed by atoms with van der Waals surface area (Å²) in [6.07, 6.45) is 3.08. The largest absolute Gasteiger partial charge is 0.494 e. The van der Waals surface area contributed by atoms with E-state index in [2.05, 4.69) is 0 Å². The highest BCUT2D eigenvalue weighted by atomic mass is 19.1. The Balaban J connectivity index is 1.71. The van der Waals surface area contributed by atoms with E-state index in [9.17, 15) is 14.0 Å². The lowest BCUT2D eigenvalue weighted by molar-refractivity contribution is -0.138. The van der Waals surface area contributed by atoms with Crippen LogP contribution in [0.1, 0.15) is 37.3 Å². The van der Waals surface area contributed by atoms with Crippen molar-refractivity contribution in [1.82, 2.24) is 9.80 Å². The number of imide groups is 1. The van der Waals surface area contributed by atoms with E-state index in [1.807, 2.05) is 24.0 Å². The molecule has 0 atom stereocenters.